The van der Waals surface area contributed by atoms with E-state index in [9.17, 15) is 0 Å². The van der Waals surface area contributed by atoms with Crippen LogP contribution in [-0.4, -0.2) is 40.4 Å². The molecule has 20 heavy (non-hydrogen) atoms. The van der Waals surface area contributed by atoms with Crippen LogP contribution >= 0.6 is 24.0 Å². The van der Waals surface area contributed by atoms with Gasteiger partial charge < -0.3 is 25.3 Å². The first-order valence-electron chi connectivity index (χ1n) is 5.99. The molecule has 0 atom stereocenters. The molecule has 1 aromatic carbocycles. The van der Waals surface area contributed by atoms with Gasteiger partial charge in [-0.3, -0.25) is 4.99 Å². The van der Waals surface area contributed by atoms with E-state index in [4.69, 9.17) is 19.9 Å². The Morgan fingerprint density at radius 1 is 1.20 bits per heavy atom. The Bertz CT molecular complexity index is 427. The van der Waals surface area contributed by atoms with Crippen molar-refractivity contribution in [2.45, 2.75) is 6.42 Å². The first-order valence-corrected chi connectivity index (χ1v) is 5.99. The first-order chi connectivity index (χ1) is 9.21. The van der Waals surface area contributed by atoms with E-state index in [1.165, 1.54) is 0 Å². The third kappa shape index (κ3) is 6.29. The molecule has 114 valence electrons. The molecular weight excluding hydrogens is 373 g/mol. The van der Waals surface area contributed by atoms with E-state index in [1.807, 2.05) is 6.07 Å². The molecule has 1 rings (SSSR count). The summed E-state index contributed by atoms with van der Waals surface area (Å²) < 4.78 is 15.3. The molecule has 7 heteroatoms. The maximum Gasteiger partial charge on any atom is 0.193 e. The molecule has 0 saturated heterocycles. The fourth-order valence-corrected chi connectivity index (χ4v) is 1.51. The van der Waals surface area contributed by atoms with Crippen LogP contribution in [0.3, 0.4) is 0 Å². The zero-order valence-corrected chi connectivity index (χ0v) is 14.3. The SMILES string of the molecule is COCCCN=C(N)Nc1ccc(OC)c(OC)c1.I. The van der Waals surface area contributed by atoms with Crippen molar-refractivity contribution in [1.29, 1.82) is 0 Å². The molecule has 3 N–H and O–H groups in total. The Labute approximate surface area is 136 Å². The summed E-state index contributed by atoms with van der Waals surface area (Å²) in [6, 6.07) is 5.45. The number of aliphatic imine (C=N–C) groups is 1. The van der Waals surface area contributed by atoms with Gasteiger partial charge >= 0.3 is 0 Å². The summed E-state index contributed by atoms with van der Waals surface area (Å²) >= 11 is 0. The highest BCUT2D eigenvalue weighted by atomic mass is 127. The Hall–Kier alpha value is -1.22. The zero-order valence-electron chi connectivity index (χ0n) is 12.0. The number of guanidine groups is 1. The van der Waals surface area contributed by atoms with Crippen molar-refractivity contribution in [3.05, 3.63) is 18.2 Å². The summed E-state index contributed by atoms with van der Waals surface area (Å²) in [5.74, 6) is 1.67. The van der Waals surface area contributed by atoms with Gasteiger partial charge in [0.05, 0.1) is 14.2 Å². The van der Waals surface area contributed by atoms with Crippen LogP contribution in [0.1, 0.15) is 6.42 Å². The largest absolute Gasteiger partial charge is 0.493 e. The van der Waals surface area contributed by atoms with Crippen LogP contribution in [0.15, 0.2) is 23.2 Å². The van der Waals surface area contributed by atoms with E-state index < -0.39 is 0 Å². The van der Waals surface area contributed by atoms with Crippen molar-refractivity contribution in [2.75, 3.05) is 39.8 Å². The summed E-state index contributed by atoms with van der Waals surface area (Å²) in [4.78, 5) is 4.19. The highest BCUT2D eigenvalue weighted by Crippen LogP contribution is 2.29. The molecule has 0 bridgehead atoms. The third-order valence-electron chi connectivity index (χ3n) is 2.44. The summed E-state index contributed by atoms with van der Waals surface area (Å²) in [5, 5.41) is 3.00. The molecule has 0 radical (unpaired) electrons. The van der Waals surface area contributed by atoms with Crippen molar-refractivity contribution in [2.24, 2.45) is 10.7 Å². The summed E-state index contributed by atoms with van der Waals surface area (Å²) in [6.45, 7) is 1.30. The molecule has 6 nitrogen and oxygen atoms in total. The number of benzene rings is 1. The predicted octanol–water partition coefficient (Wildman–Crippen LogP) is 2.08. The number of methoxy groups -OCH3 is 3. The molecule has 0 unspecified atom stereocenters. The molecule has 0 aromatic heterocycles. The van der Waals surface area contributed by atoms with E-state index in [0.29, 0.717) is 30.6 Å². The van der Waals surface area contributed by atoms with E-state index in [0.717, 1.165) is 12.1 Å². The minimum atomic E-state index is 0. The van der Waals surface area contributed by atoms with Gasteiger partial charge in [0.2, 0.25) is 0 Å². The van der Waals surface area contributed by atoms with Gasteiger partial charge in [-0.15, -0.1) is 24.0 Å². The quantitative estimate of drug-likeness (QED) is 0.320. The fraction of sp³-hybridized carbons (Fsp3) is 0.462. The Morgan fingerprint density at radius 2 is 1.90 bits per heavy atom. The van der Waals surface area contributed by atoms with Crippen molar-refractivity contribution < 1.29 is 14.2 Å². The highest BCUT2D eigenvalue weighted by Gasteiger charge is 2.04. The second-order valence-corrected chi connectivity index (χ2v) is 3.81. The van der Waals surface area contributed by atoms with Gasteiger partial charge in [0.15, 0.2) is 17.5 Å². The van der Waals surface area contributed by atoms with Crippen LogP contribution < -0.4 is 20.5 Å². The van der Waals surface area contributed by atoms with Crippen LogP contribution in [0.4, 0.5) is 5.69 Å². The van der Waals surface area contributed by atoms with Gasteiger partial charge in [-0.05, 0) is 18.6 Å². The van der Waals surface area contributed by atoms with Gasteiger partial charge in [-0.1, -0.05) is 0 Å². The Morgan fingerprint density at radius 3 is 2.50 bits per heavy atom. The first kappa shape index (κ1) is 18.8. The number of anilines is 1. The molecule has 0 saturated carbocycles. The molecule has 0 aliphatic heterocycles. The molecule has 1 aromatic rings. The van der Waals surface area contributed by atoms with Crippen LogP contribution in [0.25, 0.3) is 0 Å². The lowest BCUT2D eigenvalue weighted by atomic mass is 10.3. The summed E-state index contributed by atoms with van der Waals surface area (Å²) in [5.41, 5.74) is 6.57. The van der Waals surface area contributed by atoms with Gasteiger partial charge in [-0.2, -0.15) is 0 Å². The Kier molecular flexibility index (Phi) is 9.91. The minimum absolute atomic E-state index is 0. The van der Waals surface area contributed by atoms with E-state index in [1.54, 1.807) is 33.5 Å². The molecule has 0 amide bonds. The average Bonchev–Trinajstić information content (AvgIpc) is 2.43. The topological polar surface area (TPSA) is 78.1 Å². The zero-order chi connectivity index (χ0) is 14.1. The number of ether oxygens (including phenoxy) is 3. The maximum atomic E-state index is 5.78. The summed E-state index contributed by atoms with van der Waals surface area (Å²) in [6.07, 6.45) is 0.838. The van der Waals surface area contributed by atoms with Crippen LogP contribution in [0, 0.1) is 0 Å². The maximum absolute atomic E-state index is 5.78. The molecule has 0 spiro atoms. The molecule has 0 fully saturated rings. The second kappa shape index (κ2) is 10.6. The van der Waals surface area contributed by atoms with Crippen molar-refractivity contribution in [3.8, 4) is 11.5 Å². The highest BCUT2D eigenvalue weighted by molar-refractivity contribution is 14.0. The number of hydrogen-bond donors (Lipinski definition) is 2. The predicted molar refractivity (Wildman–Crippen MR) is 91.6 cm³/mol. The number of nitrogens with two attached hydrogens (primary N) is 1. The van der Waals surface area contributed by atoms with Gasteiger partial charge in [0.25, 0.3) is 0 Å². The molecule has 0 aliphatic rings. The number of hydrogen-bond acceptors (Lipinski definition) is 4. The lowest BCUT2D eigenvalue weighted by molar-refractivity contribution is 0.197. The average molecular weight is 395 g/mol. The summed E-state index contributed by atoms with van der Waals surface area (Å²) in [7, 11) is 4.84. The normalized spacial score (nSPS) is 10.7. The Balaban J connectivity index is 0.00000361. The molecular formula is C13H22IN3O3. The fourth-order valence-electron chi connectivity index (χ4n) is 1.51. The van der Waals surface area contributed by atoms with Crippen molar-refractivity contribution in [1.82, 2.24) is 0 Å². The van der Waals surface area contributed by atoms with Gasteiger partial charge in [0, 0.05) is 32.0 Å². The number of rotatable bonds is 7. The monoisotopic (exact) mass is 395 g/mol. The number of nitrogens with zero attached hydrogens (tertiary/aromatic N) is 1. The van der Waals surface area contributed by atoms with E-state index in [-0.39, 0.29) is 24.0 Å². The second-order valence-electron chi connectivity index (χ2n) is 3.81. The standard InChI is InChI=1S/C13H21N3O3.HI/c1-17-8-4-7-15-13(14)16-10-5-6-11(18-2)12(9-10)19-3;/h5-6,9H,4,7-8H2,1-3H3,(H3,14,15,16);1H. The minimum Gasteiger partial charge on any atom is -0.493 e. The smallest absolute Gasteiger partial charge is 0.193 e. The molecule has 0 aliphatic carbocycles. The van der Waals surface area contributed by atoms with E-state index in [2.05, 4.69) is 10.3 Å². The van der Waals surface area contributed by atoms with E-state index >= 15 is 0 Å². The lowest BCUT2D eigenvalue weighted by Gasteiger charge is -2.10. The van der Waals surface area contributed by atoms with Crippen molar-refractivity contribution in [3.63, 3.8) is 0 Å². The number of nitrogens with one attached hydrogen (secondary N) is 1. The van der Waals surface area contributed by atoms with Gasteiger partial charge in [-0.25, -0.2) is 0 Å². The van der Waals surface area contributed by atoms with Gasteiger partial charge in [0.1, 0.15) is 0 Å². The van der Waals surface area contributed by atoms with Crippen LogP contribution in [-0.2, 0) is 4.74 Å². The van der Waals surface area contributed by atoms with Crippen molar-refractivity contribution >= 4 is 35.6 Å². The van der Waals surface area contributed by atoms with Crippen LogP contribution in [0.2, 0.25) is 0 Å². The lowest BCUT2D eigenvalue weighted by Crippen LogP contribution is -2.23. The number of halogens is 1. The molecule has 0 heterocycles. The van der Waals surface area contributed by atoms with Crippen LogP contribution in [0.5, 0.6) is 11.5 Å². The third-order valence-corrected chi connectivity index (χ3v) is 2.44.